The molecule has 6 heteroatoms. The average molecular weight is 280 g/mol. The van der Waals surface area contributed by atoms with Gasteiger partial charge in [-0.05, 0) is 45.4 Å². The number of nitrogens with one attached hydrogen (secondary N) is 2. The molecule has 0 radical (unpaired) electrons. The van der Waals surface area contributed by atoms with E-state index in [4.69, 9.17) is 16.2 Å². The summed E-state index contributed by atoms with van der Waals surface area (Å²) in [5.41, 5.74) is 12.9. The van der Waals surface area contributed by atoms with E-state index in [0.717, 1.165) is 18.7 Å². The first-order valence-corrected chi connectivity index (χ1v) is 6.63. The number of hydrogen-bond donors (Lipinski definition) is 4. The van der Waals surface area contributed by atoms with Crippen molar-refractivity contribution in [2.24, 2.45) is 0 Å². The maximum absolute atomic E-state index is 11.4. The fourth-order valence-corrected chi connectivity index (χ4v) is 1.51. The summed E-state index contributed by atoms with van der Waals surface area (Å²) in [6.07, 6.45) is 0.387. The van der Waals surface area contributed by atoms with E-state index in [9.17, 15) is 4.79 Å². The Morgan fingerprint density at radius 3 is 2.50 bits per heavy atom. The van der Waals surface area contributed by atoms with Crippen LogP contribution in [0.15, 0.2) is 18.2 Å². The molecule has 6 N–H and O–H groups in total. The van der Waals surface area contributed by atoms with Crippen LogP contribution in [0.5, 0.6) is 0 Å². The van der Waals surface area contributed by atoms with E-state index in [-0.39, 0.29) is 0 Å². The third-order valence-electron chi connectivity index (χ3n) is 2.44. The number of nitrogens with two attached hydrogens (primary N) is 2. The van der Waals surface area contributed by atoms with Gasteiger partial charge in [-0.3, -0.25) is 0 Å². The first-order valence-electron chi connectivity index (χ1n) is 6.63. The Balaban J connectivity index is 2.19. The van der Waals surface area contributed by atoms with E-state index in [0.29, 0.717) is 17.9 Å². The Hall–Kier alpha value is -2.11. The molecule has 0 aliphatic rings. The highest BCUT2D eigenvalue weighted by atomic mass is 16.6. The van der Waals surface area contributed by atoms with Crippen LogP contribution in [-0.2, 0) is 4.74 Å². The lowest BCUT2D eigenvalue weighted by Gasteiger charge is -2.19. The van der Waals surface area contributed by atoms with Crippen molar-refractivity contribution in [3.8, 4) is 0 Å². The van der Waals surface area contributed by atoms with E-state index >= 15 is 0 Å². The largest absolute Gasteiger partial charge is 0.444 e. The van der Waals surface area contributed by atoms with E-state index in [1.165, 1.54) is 0 Å². The topological polar surface area (TPSA) is 102 Å². The van der Waals surface area contributed by atoms with Crippen LogP contribution in [0.25, 0.3) is 0 Å². The maximum atomic E-state index is 11.4. The van der Waals surface area contributed by atoms with Gasteiger partial charge in [0.25, 0.3) is 0 Å². The minimum absolute atomic E-state index is 0.394. The van der Waals surface area contributed by atoms with Crippen LogP contribution in [0.3, 0.4) is 0 Å². The summed E-state index contributed by atoms with van der Waals surface area (Å²) < 4.78 is 5.13. The zero-order valence-corrected chi connectivity index (χ0v) is 12.3. The van der Waals surface area contributed by atoms with Gasteiger partial charge in [-0.2, -0.15) is 0 Å². The van der Waals surface area contributed by atoms with E-state index < -0.39 is 11.7 Å². The Morgan fingerprint density at radius 1 is 1.20 bits per heavy atom. The highest BCUT2D eigenvalue weighted by Crippen LogP contribution is 2.19. The predicted molar refractivity (Wildman–Crippen MR) is 82.6 cm³/mol. The molecule has 0 aliphatic carbocycles. The number of hydrogen-bond acceptors (Lipinski definition) is 5. The molecule has 0 unspecified atom stereocenters. The summed E-state index contributed by atoms with van der Waals surface area (Å²) in [5.74, 6) is 0. The number of rotatable bonds is 5. The van der Waals surface area contributed by atoms with Gasteiger partial charge in [0.05, 0.1) is 11.4 Å². The van der Waals surface area contributed by atoms with Crippen molar-refractivity contribution < 1.29 is 9.53 Å². The lowest BCUT2D eigenvalue weighted by molar-refractivity contribution is 0.0528. The van der Waals surface area contributed by atoms with Crippen molar-refractivity contribution in [2.45, 2.75) is 32.8 Å². The predicted octanol–water partition coefficient (Wildman–Crippen LogP) is 2.18. The second-order valence-corrected chi connectivity index (χ2v) is 5.55. The molecular formula is C14H24N4O2. The molecule has 0 atom stereocenters. The highest BCUT2D eigenvalue weighted by molar-refractivity contribution is 5.69. The molecular weight excluding hydrogens is 256 g/mol. The van der Waals surface area contributed by atoms with Gasteiger partial charge in [0.2, 0.25) is 0 Å². The van der Waals surface area contributed by atoms with Crippen LogP contribution < -0.4 is 22.1 Å². The van der Waals surface area contributed by atoms with Crippen molar-refractivity contribution in [3.05, 3.63) is 18.2 Å². The first-order chi connectivity index (χ1) is 9.28. The number of anilines is 3. The zero-order chi connectivity index (χ0) is 15.2. The second-order valence-electron chi connectivity index (χ2n) is 5.55. The molecule has 112 valence electrons. The Bertz CT molecular complexity index is 455. The van der Waals surface area contributed by atoms with Crippen LogP contribution >= 0.6 is 0 Å². The van der Waals surface area contributed by atoms with Gasteiger partial charge in [0, 0.05) is 18.8 Å². The van der Waals surface area contributed by atoms with Crippen LogP contribution in [0.4, 0.5) is 21.9 Å². The maximum Gasteiger partial charge on any atom is 0.407 e. The molecule has 0 saturated carbocycles. The van der Waals surface area contributed by atoms with Gasteiger partial charge in [-0.1, -0.05) is 0 Å². The fourth-order valence-electron chi connectivity index (χ4n) is 1.51. The molecule has 6 nitrogen and oxygen atoms in total. The summed E-state index contributed by atoms with van der Waals surface area (Å²) in [6, 6.07) is 5.42. The molecule has 1 aromatic rings. The van der Waals surface area contributed by atoms with Crippen molar-refractivity contribution in [3.63, 3.8) is 0 Å². The molecule has 0 bridgehead atoms. The number of nitrogen functional groups attached to an aromatic ring is 2. The number of carbonyl (C=O) groups excluding carboxylic acids is 1. The molecule has 1 rings (SSSR count). The molecule has 0 fully saturated rings. The standard InChI is InChI=1S/C14H24N4O2/c1-14(2,3)20-13(19)18-8-4-7-17-10-5-6-11(15)12(16)9-10/h5-6,9,17H,4,7-8,15-16H2,1-3H3,(H,18,19). The summed E-state index contributed by atoms with van der Waals surface area (Å²) in [7, 11) is 0. The summed E-state index contributed by atoms with van der Waals surface area (Å²) in [6.45, 7) is 6.77. The summed E-state index contributed by atoms with van der Waals surface area (Å²) in [5, 5.41) is 5.91. The number of amides is 1. The van der Waals surface area contributed by atoms with Gasteiger partial charge >= 0.3 is 6.09 Å². The molecule has 0 heterocycles. The quantitative estimate of drug-likeness (QED) is 0.489. The Labute approximate surface area is 119 Å². The van der Waals surface area contributed by atoms with E-state index in [1.54, 1.807) is 12.1 Å². The Morgan fingerprint density at radius 2 is 1.90 bits per heavy atom. The van der Waals surface area contributed by atoms with Gasteiger partial charge in [0.1, 0.15) is 5.60 Å². The first kappa shape index (κ1) is 15.9. The Kier molecular flexibility index (Phi) is 5.49. The minimum Gasteiger partial charge on any atom is -0.444 e. The summed E-state index contributed by atoms with van der Waals surface area (Å²) >= 11 is 0. The SMILES string of the molecule is CC(C)(C)OC(=O)NCCCNc1ccc(N)c(N)c1. The van der Waals surface area contributed by atoms with Gasteiger partial charge in [-0.15, -0.1) is 0 Å². The van der Waals surface area contributed by atoms with Crippen LogP contribution in [0, 0.1) is 0 Å². The molecule has 1 aromatic carbocycles. The van der Waals surface area contributed by atoms with Crippen molar-refractivity contribution >= 4 is 23.2 Å². The van der Waals surface area contributed by atoms with E-state index in [1.807, 2.05) is 26.8 Å². The molecule has 0 spiro atoms. The molecule has 0 aromatic heterocycles. The van der Waals surface area contributed by atoms with Gasteiger partial charge in [0.15, 0.2) is 0 Å². The smallest absolute Gasteiger partial charge is 0.407 e. The van der Waals surface area contributed by atoms with Crippen LogP contribution in [0.1, 0.15) is 27.2 Å². The monoisotopic (exact) mass is 280 g/mol. The zero-order valence-electron chi connectivity index (χ0n) is 12.3. The summed E-state index contributed by atoms with van der Waals surface area (Å²) in [4.78, 5) is 11.4. The number of ether oxygens (including phenoxy) is 1. The number of alkyl carbamates (subject to hydrolysis) is 1. The average Bonchev–Trinajstić information content (AvgIpc) is 2.31. The molecule has 0 saturated heterocycles. The van der Waals surface area contributed by atoms with Gasteiger partial charge < -0.3 is 26.8 Å². The highest BCUT2D eigenvalue weighted by Gasteiger charge is 2.15. The number of carbonyl (C=O) groups is 1. The molecule has 1 amide bonds. The lowest BCUT2D eigenvalue weighted by Crippen LogP contribution is -2.33. The molecule has 20 heavy (non-hydrogen) atoms. The fraction of sp³-hybridized carbons (Fsp3) is 0.500. The third kappa shape index (κ3) is 6.17. The van der Waals surface area contributed by atoms with Crippen molar-refractivity contribution in [1.29, 1.82) is 0 Å². The normalized spacial score (nSPS) is 10.9. The lowest BCUT2D eigenvalue weighted by atomic mass is 10.2. The van der Waals surface area contributed by atoms with E-state index in [2.05, 4.69) is 10.6 Å². The van der Waals surface area contributed by atoms with Gasteiger partial charge in [-0.25, -0.2) is 4.79 Å². The van der Waals surface area contributed by atoms with Crippen LogP contribution in [0.2, 0.25) is 0 Å². The van der Waals surface area contributed by atoms with Crippen molar-refractivity contribution in [1.82, 2.24) is 5.32 Å². The van der Waals surface area contributed by atoms with Crippen molar-refractivity contribution in [2.75, 3.05) is 29.9 Å². The second kappa shape index (κ2) is 6.88. The minimum atomic E-state index is -0.468. The van der Waals surface area contributed by atoms with Crippen LogP contribution in [-0.4, -0.2) is 24.8 Å². The molecule has 0 aliphatic heterocycles. The third-order valence-corrected chi connectivity index (χ3v) is 2.44. The number of benzene rings is 1.